The third kappa shape index (κ3) is 3.96. The number of hydrogen-bond acceptors (Lipinski definition) is 4. The summed E-state index contributed by atoms with van der Waals surface area (Å²) in [6, 6.07) is 4.83. The Kier molecular flexibility index (Phi) is 5.24. The van der Waals surface area contributed by atoms with Crippen molar-refractivity contribution >= 4 is 15.7 Å². The van der Waals surface area contributed by atoms with Gasteiger partial charge < -0.3 is 10.8 Å². The second kappa shape index (κ2) is 6.77. The first-order chi connectivity index (χ1) is 9.94. The van der Waals surface area contributed by atoms with Gasteiger partial charge in [-0.05, 0) is 42.9 Å². The summed E-state index contributed by atoms with van der Waals surface area (Å²) in [6.07, 6.45) is 4.04. The van der Waals surface area contributed by atoms with E-state index in [9.17, 15) is 13.5 Å². The molecule has 2 rings (SSSR count). The van der Waals surface area contributed by atoms with Gasteiger partial charge in [0.05, 0.1) is 11.0 Å². The molecule has 0 aromatic heterocycles. The monoisotopic (exact) mass is 312 g/mol. The molecule has 0 radical (unpaired) electrons. The third-order valence-electron chi connectivity index (χ3n) is 4.21. The van der Waals surface area contributed by atoms with Gasteiger partial charge in [-0.1, -0.05) is 25.8 Å². The molecule has 0 saturated heterocycles. The average Bonchev–Trinajstić information content (AvgIpc) is 2.46. The highest BCUT2D eigenvalue weighted by Crippen LogP contribution is 2.24. The van der Waals surface area contributed by atoms with E-state index in [1.165, 1.54) is 6.07 Å². The Balaban J connectivity index is 2.06. The first-order valence-corrected chi connectivity index (χ1v) is 8.98. The Labute approximate surface area is 126 Å². The highest BCUT2D eigenvalue weighted by Gasteiger charge is 2.25. The Morgan fingerprint density at radius 1 is 1.33 bits per heavy atom. The van der Waals surface area contributed by atoms with Gasteiger partial charge in [0, 0.05) is 12.2 Å². The van der Waals surface area contributed by atoms with Crippen molar-refractivity contribution in [3.8, 4) is 0 Å². The van der Waals surface area contributed by atoms with Crippen LogP contribution >= 0.6 is 0 Å². The van der Waals surface area contributed by atoms with Crippen LogP contribution in [0.2, 0.25) is 0 Å². The summed E-state index contributed by atoms with van der Waals surface area (Å²) in [7, 11) is -3.57. The summed E-state index contributed by atoms with van der Waals surface area (Å²) in [5, 5.41) is 9.89. The number of anilines is 1. The van der Waals surface area contributed by atoms with Gasteiger partial charge in [-0.2, -0.15) is 0 Å². The molecule has 1 fully saturated rings. The van der Waals surface area contributed by atoms with Gasteiger partial charge >= 0.3 is 0 Å². The zero-order chi connectivity index (χ0) is 15.5. The minimum atomic E-state index is -3.57. The van der Waals surface area contributed by atoms with Crippen LogP contribution in [0, 0.1) is 5.92 Å². The van der Waals surface area contributed by atoms with Crippen molar-refractivity contribution in [2.75, 3.05) is 12.3 Å². The van der Waals surface area contributed by atoms with Crippen LogP contribution < -0.4 is 10.5 Å². The van der Waals surface area contributed by atoms with Crippen LogP contribution in [0.25, 0.3) is 0 Å². The lowest BCUT2D eigenvalue weighted by molar-refractivity contribution is 0.0724. The number of benzene rings is 1. The number of nitrogens with two attached hydrogens (primary N) is 1. The van der Waals surface area contributed by atoms with E-state index in [0.717, 1.165) is 37.7 Å². The molecule has 1 aliphatic carbocycles. The molecule has 0 amide bonds. The van der Waals surface area contributed by atoms with Crippen molar-refractivity contribution in [2.24, 2.45) is 5.92 Å². The Hall–Kier alpha value is -1.11. The molecule has 0 aliphatic heterocycles. The second-order valence-electron chi connectivity index (χ2n) is 5.68. The van der Waals surface area contributed by atoms with Gasteiger partial charge in [-0.15, -0.1) is 0 Å². The van der Waals surface area contributed by atoms with Gasteiger partial charge in [-0.25, -0.2) is 13.1 Å². The fourth-order valence-electron chi connectivity index (χ4n) is 2.79. The number of aliphatic hydroxyl groups excluding tert-OH is 1. The molecule has 0 bridgehead atoms. The smallest absolute Gasteiger partial charge is 0.240 e. The van der Waals surface area contributed by atoms with E-state index in [1.807, 2.05) is 6.92 Å². The minimum Gasteiger partial charge on any atom is -0.398 e. The standard InChI is InChI=1S/C15H24N2O3S/c1-2-11-7-8-13(9-14(11)16)21(19,20)17-10-12-5-3-4-6-15(12)18/h7-9,12,15,17-18H,2-6,10,16H2,1H3. The summed E-state index contributed by atoms with van der Waals surface area (Å²) < 4.78 is 27.2. The lowest BCUT2D eigenvalue weighted by Gasteiger charge is -2.27. The number of aliphatic hydroxyl groups is 1. The first kappa shape index (κ1) is 16.3. The predicted molar refractivity (Wildman–Crippen MR) is 83.4 cm³/mol. The van der Waals surface area contributed by atoms with E-state index in [0.29, 0.717) is 5.69 Å². The van der Waals surface area contributed by atoms with Crippen LogP contribution in [0.5, 0.6) is 0 Å². The lowest BCUT2D eigenvalue weighted by atomic mass is 9.87. The van der Waals surface area contributed by atoms with Crippen LogP contribution in [-0.4, -0.2) is 26.2 Å². The molecule has 21 heavy (non-hydrogen) atoms. The van der Waals surface area contributed by atoms with E-state index < -0.39 is 16.1 Å². The third-order valence-corrected chi connectivity index (χ3v) is 5.63. The molecule has 0 heterocycles. The predicted octanol–water partition coefficient (Wildman–Crippen LogP) is 1.66. The molecule has 1 aromatic carbocycles. The molecule has 1 aliphatic rings. The van der Waals surface area contributed by atoms with E-state index >= 15 is 0 Å². The summed E-state index contributed by atoms with van der Waals surface area (Å²) in [5.41, 5.74) is 7.30. The molecular weight excluding hydrogens is 288 g/mol. The molecule has 2 unspecified atom stereocenters. The van der Waals surface area contributed by atoms with Crippen molar-refractivity contribution in [3.63, 3.8) is 0 Å². The van der Waals surface area contributed by atoms with E-state index in [-0.39, 0.29) is 17.4 Å². The summed E-state index contributed by atoms with van der Waals surface area (Å²) in [4.78, 5) is 0.183. The highest BCUT2D eigenvalue weighted by atomic mass is 32.2. The molecular formula is C15H24N2O3S. The zero-order valence-corrected chi connectivity index (χ0v) is 13.2. The van der Waals surface area contributed by atoms with Crippen molar-refractivity contribution in [3.05, 3.63) is 23.8 Å². The molecule has 4 N–H and O–H groups in total. The quantitative estimate of drug-likeness (QED) is 0.721. The van der Waals surface area contributed by atoms with Crippen LogP contribution in [0.4, 0.5) is 5.69 Å². The Morgan fingerprint density at radius 3 is 2.67 bits per heavy atom. The second-order valence-corrected chi connectivity index (χ2v) is 7.44. The summed E-state index contributed by atoms with van der Waals surface area (Å²) in [5.74, 6) is 0.000729. The molecule has 2 atom stereocenters. The largest absolute Gasteiger partial charge is 0.398 e. The number of nitrogens with one attached hydrogen (secondary N) is 1. The van der Waals surface area contributed by atoms with Gasteiger partial charge in [0.25, 0.3) is 0 Å². The number of sulfonamides is 1. The molecule has 0 spiro atoms. The average molecular weight is 312 g/mol. The fourth-order valence-corrected chi connectivity index (χ4v) is 3.92. The summed E-state index contributed by atoms with van der Waals surface area (Å²) in [6.45, 7) is 2.25. The number of nitrogen functional groups attached to an aromatic ring is 1. The molecule has 6 heteroatoms. The Bertz CT molecular complexity index is 587. The topological polar surface area (TPSA) is 92.4 Å². The van der Waals surface area contributed by atoms with E-state index in [1.54, 1.807) is 12.1 Å². The van der Waals surface area contributed by atoms with Crippen LogP contribution in [0.3, 0.4) is 0 Å². The van der Waals surface area contributed by atoms with Crippen molar-refractivity contribution in [2.45, 2.75) is 50.0 Å². The van der Waals surface area contributed by atoms with Crippen molar-refractivity contribution in [1.29, 1.82) is 0 Å². The highest BCUT2D eigenvalue weighted by molar-refractivity contribution is 7.89. The van der Waals surface area contributed by atoms with Crippen LogP contribution in [0.1, 0.15) is 38.2 Å². The van der Waals surface area contributed by atoms with Crippen molar-refractivity contribution < 1.29 is 13.5 Å². The lowest BCUT2D eigenvalue weighted by Crippen LogP contribution is -2.36. The molecule has 118 valence electrons. The van der Waals surface area contributed by atoms with E-state index in [4.69, 9.17) is 5.73 Å². The maximum absolute atomic E-state index is 12.3. The number of rotatable bonds is 5. The number of hydrogen-bond donors (Lipinski definition) is 3. The molecule has 1 aromatic rings. The fraction of sp³-hybridized carbons (Fsp3) is 0.600. The molecule has 1 saturated carbocycles. The maximum atomic E-state index is 12.3. The summed E-state index contributed by atoms with van der Waals surface area (Å²) >= 11 is 0. The van der Waals surface area contributed by atoms with Crippen LogP contribution in [-0.2, 0) is 16.4 Å². The van der Waals surface area contributed by atoms with E-state index in [2.05, 4.69) is 4.72 Å². The van der Waals surface area contributed by atoms with Gasteiger partial charge in [0.2, 0.25) is 10.0 Å². The van der Waals surface area contributed by atoms with Crippen LogP contribution in [0.15, 0.2) is 23.1 Å². The van der Waals surface area contributed by atoms with Gasteiger partial charge in [-0.3, -0.25) is 0 Å². The molecule has 5 nitrogen and oxygen atoms in total. The van der Waals surface area contributed by atoms with Crippen molar-refractivity contribution in [1.82, 2.24) is 4.72 Å². The maximum Gasteiger partial charge on any atom is 0.240 e. The Morgan fingerprint density at radius 2 is 2.05 bits per heavy atom. The SMILES string of the molecule is CCc1ccc(S(=O)(=O)NCC2CCCCC2O)cc1N. The van der Waals surface area contributed by atoms with Gasteiger partial charge in [0.1, 0.15) is 0 Å². The first-order valence-electron chi connectivity index (χ1n) is 7.50. The normalized spacial score (nSPS) is 23.1. The van der Waals surface area contributed by atoms with Gasteiger partial charge in [0.15, 0.2) is 0 Å². The zero-order valence-electron chi connectivity index (χ0n) is 12.4. The number of aryl methyl sites for hydroxylation is 1. The minimum absolute atomic E-state index is 0.000729.